The highest BCUT2D eigenvalue weighted by atomic mass is 16.5. The Morgan fingerprint density at radius 2 is 2.09 bits per heavy atom. The molecule has 0 aliphatic rings. The zero-order valence-corrected chi connectivity index (χ0v) is 13.1. The fourth-order valence-corrected chi connectivity index (χ4v) is 2.09. The van der Waals surface area contributed by atoms with E-state index in [9.17, 15) is 4.79 Å². The summed E-state index contributed by atoms with van der Waals surface area (Å²) in [6.45, 7) is 2.82. The minimum absolute atomic E-state index is 0.00960. The normalized spacial score (nSPS) is 10.3. The maximum absolute atomic E-state index is 11.6. The van der Waals surface area contributed by atoms with E-state index in [0.29, 0.717) is 12.3 Å². The second kappa shape index (κ2) is 8.09. The van der Waals surface area contributed by atoms with Gasteiger partial charge in [0.15, 0.2) is 0 Å². The van der Waals surface area contributed by atoms with Crippen LogP contribution in [0.1, 0.15) is 36.7 Å². The van der Waals surface area contributed by atoms with Crippen LogP contribution in [0.3, 0.4) is 0 Å². The van der Waals surface area contributed by atoms with E-state index in [1.54, 1.807) is 0 Å². The van der Waals surface area contributed by atoms with Crippen LogP contribution in [-0.4, -0.2) is 22.5 Å². The number of anilines is 1. The molecule has 7 heteroatoms. The lowest BCUT2D eigenvalue weighted by atomic mass is 10.1. The first kappa shape index (κ1) is 16.7. The van der Waals surface area contributed by atoms with Gasteiger partial charge in [0.2, 0.25) is 5.95 Å². The van der Waals surface area contributed by atoms with Gasteiger partial charge in [-0.3, -0.25) is 10.2 Å². The van der Waals surface area contributed by atoms with E-state index in [0.717, 1.165) is 30.6 Å². The van der Waals surface area contributed by atoms with Gasteiger partial charge in [0.1, 0.15) is 11.4 Å². The quantitative estimate of drug-likeness (QED) is 0.311. The maximum atomic E-state index is 11.6. The monoisotopic (exact) mass is 315 g/mol. The van der Waals surface area contributed by atoms with Crippen LogP contribution in [-0.2, 0) is 0 Å². The van der Waals surface area contributed by atoms with Crippen LogP contribution in [0.15, 0.2) is 30.3 Å². The Labute approximate surface area is 135 Å². The predicted octanol–water partition coefficient (Wildman–Crippen LogP) is 1.90. The largest absolute Gasteiger partial charge is 0.494 e. The van der Waals surface area contributed by atoms with Crippen LogP contribution in [0.2, 0.25) is 0 Å². The van der Waals surface area contributed by atoms with E-state index in [2.05, 4.69) is 16.9 Å². The molecular weight excluding hydrogens is 294 g/mol. The molecule has 0 aliphatic carbocycles. The molecule has 1 amide bonds. The molecule has 2 aromatic rings. The zero-order chi connectivity index (χ0) is 16.7. The number of hydrazine groups is 1. The van der Waals surface area contributed by atoms with Crippen LogP contribution in [0.4, 0.5) is 5.95 Å². The van der Waals surface area contributed by atoms with Gasteiger partial charge in [-0.15, -0.1) is 0 Å². The van der Waals surface area contributed by atoms with E-state index < -0.39 is 5.91 Å². The molecule has 5 N–H and O–H groups in total. The number of nitrogen functional groups attached to an aromatic ring is 2. The van der Waals surface area contributed by atoms with Crippen LogP contribution >= 0.6 is 0 Å². The molecule has 0 unspecified atom stereocenters. The Morgan fingerprint density at radius 1 is 1.26 bits per heavy atom. The first-order chi connectivity index (χ1) is 11.1. The third-order valence-electron chi connectivity index (χ3n) is 3.25. The van der Waals surface area contributed by atoms with Crippen molar-refractivity contribution in [3.05, 3.63) is 36.0 Å². The second-order valence-electron chi connectivity index (χ2n) is 5.05. The summed E-state index contributed by atoms with van der Waals surface area (Å²) in [6.07, 6.45) is 3.30. The standard InChI is InChI=1S/C16H21N5O2/c1-2-3-4-8-23-12-7-5-6-11(9-12)13-10-14(15(22)21-18)20-16(17)19-13/h5-7,9-10H,2-4,8,18H2,1H3,(H,21,22)(H2,17,19,20). The molecule has 0 fully saturated rings. The SMILES string of the molecule is CCCCCOc1cccc(-c2cc(C(=O)NN)nc(N)n2)c1. The number of benzene rings is 1. The number of carbonyl (C=O) groups is 1. The summed E-state index contributed by atoms with van der Waals surface area (Å²) >= 11 is 0. The molecular formula is C16H21N5O2. The summed E-state index contributed by atoms with van der Waals surface area (Å²) in [5, 5.41) is 0. The Kier molecular flexibility index (Phi) is 5.87. The molecule has 0 saturated heterocycles. The molecule has 0 atom stereocenters. The fraction of sp³-hybridized carbons (Fsp3) is 0.312. The molecule has 0 spiro atoms. The predicted molar refractivity (Wildman–Crippen MR) is 88.6 cm³/mol. The molecule has 23 heavy (non-hydrogen) atoms. The number of unbranched alkanes of at least 4 members (excludes halogenated alkanes) is 2. The lowest BCUT2D eigenvalue weighted by Gasteiger charge is -2.09. The molecule has 0 bridgehead atoms. The smallest absolute Gasteiger partial charge is 0.283 e. The van der Waals surface area contributed by atoms with Crippen molar-refractivity contribution < 1.29 is 9.53 Å². The molecule has 1 heterocycles. The summed E-state index contributed by atoms with van der Waals surface area (Å²) < 4.78 is 5.73. The third kappa shape index (κ3) is 4.65. The maximum Gasteiger partial charge on any atom is 0.283 e. The molecule has 122 valence electrons. The molecule has 0 aliphatic heterocycles. The summed E-state index contributed by atoms with van der Waals surface area (Å²) in [5.41, 5.74) is 9.14. The van der Waals surface area contributed by atoms with Gasteiger partial charge in [-0.05, 0) is 24.6 Å². The van der Waals surface area contributed by atoms with Crippen molar-refractivity contribution in [2.45, 2.75) is 26.2 Å². The van der Waals surface area contributed by atoms with Crippen molar-refractivity contribution in [3.8, 4) is 17.0 Å². The van der Waals surface area contributed by atoms with Crippen molar-refractivity contribution in [2.75, 3.05) is 12.3 Å². The summed E-state index contributed by atoms with van der Waals surface area (Å²) in [7, 11) is 0. The lowest BCUT2D eigenvalue weighted by molar-refractivity contribution is 0.0948. The highest BCUT2D eigenvalue weighted by Gasteiger charge is 2.11. The van der Waals surface area contributed by atoms with Gasteiger partial charge in [0.25, 0.3) is 5.91 Å². The number of hydrogen-bond donors (Lipinski definition) is 3. The van der Waals surface area contributed by atoms with Gasteiger partial charge in [-0.2, -0.15) is 0 Å². The van der Waals surface area contributed by atoms with Gasteiger partial charge in [-0.1, -0.05) is 31.9 Å². The average molecular weight is 315 g/mol. The number of carbonyl (C=O) groups excluding carboxylic acids is 1. The Hall–Kier alpha value is -2.67. The number of rotatable bonds is 7. The molecule has 1 aromatic heterocycles. The van der Waals surface area contributed by atoms with Gasteiger partial charge in [0.05, 0.1) is 12.3 Å². The summed E-state index contributed by atoms with van der Waals surface area (Å²) in [6, 6.07) is 9.01. The Balaban J connectivity index is 2.21. The minimum Gasteiger partial charge on any atom is -0.494 e. The third-order valence-corrected chi connectivity index (χ3v) is 3.25. The van der Waals surface area contributed by atoms with E-state index in [-0.39, 0.29) is 11.6 Å². The van der Waals surface area contributed by atoms with E-state index in [4.69, 9.17) is 16.3 Å². The van der Waals surface area contributed by atoms with Gasteiger partial charge in [-0.25, -0.2) is 15.8 Å². The van der Waals surface area contributed by atoms with E-state index in [1.807, 2.05) is 29.7 Å². The topological polar surface area (TPSA) is 116 Å². The van der Waals surface area contributed by atoms with Crippen molar-refractivity contribution in [3.63, 3.8) is 0 Å². The second-order valence-corrected chi connectivity index (χ2v) is 5.05. The average Bonchev–Trinajstić information content (AvgIpc) is 2.57. The molecule has 7 nitrogen and oxygen atoms in total. The zero-order valence-electron chi connectivity index (χ0n) is 13.1. The van der Waals surface area contributed by atoms with Crippen LogP contribution < -0.4 is 21.7 Å². The van der Waals surface area contributed by atoms with Crippen molar-refractivity contribution >= 4 is 11.9 Å². The number of ether oxygens (including phenoxy) is 1. The van der Waals surface area contributed by atoms with Gasteiger partial charge < -0.3 is 10.5 Å². The number of hydrogen-bond acceptors (Lipinski definition) is 6. The highest BCUT2D eigenvalue weighted by molar-refractivity contribution is 5.93. The van der Waals surface area contributed by atoms with Crippen molar-refractivity contribution in [1.29, 1.82) is 0 Å². The van der Waals surface area contributed by atoms with E-state index >= 15 is 0 Å². The summed E-state index contributed by atoms with van der Waals surface area (Å²) in [5.74, 6) is 5.36. The van der Waals surface area contributed by atoms with Crippen molar-refractivity contribution in [1.82, 2.24) is 15.4 Å². The number of nitrogens with two attached hydrogens (primary N) is 2. The number of amides is 1. The van der Waals surface area contributed by atoms with Crippen LogP contribution in [0, 0.1) is 0 Å². The number of nitrogens with zero attached hydrogens (tertiary/aromatic N) is 2. The lowest BCUT2D eigenvalue weighted by Crippen LogP contribution is -2.31. The molecule has 1 aromatic carbocycles. The first-order valence-electron chi connectivity index (χ1n) is 7.52. The fourth-order valence-electron chi connectivity index (χ4n) is 2.09. The molecule has 0 radical (unpaired) electrons. The van der Waals surface area contributed by atoms with Gasteiger partial charge in [0, 0.05) is 5.56 Å². The summed E-state index contributed by atoms with van der Waals surface area (Å²) in [4.78, 5) is 19.6. The minimum atomic E-state index is -0.521. The van der Waals surface area contributed by atoms with Crippen LogP contribution in [0.5, 0.6) is 5.75 Å². The van der Waals surface area contributed by atoms with E-state index in [1.165, 1.54) is 6.07 Å². The van der Waals surface area contributed by atoms with Crippen molar-refractivity contribution in [2.24, 2.45) is 5.84 Å². The Bertz CT molecular complexity index is 675. The number of aromatic nitrogens is 2. The first-order valence-corrected chi connectivity index (χ1v) is 7.52. The Morgan fingerprint density at radius 3 is 2.83 bits per heavy atom. The molecule has 0 saturated carbocycles. The highest BCUT2D eigenvalue weighted by Crippen LogP contribution is 2.23. The number of nitrogens with one attached hydrogen (secondary N) is 1. The molecule has 2 rings (SSSR count). The van der Waals surface area contributed by atoms with Gasteiger partial charge >= 0.3 is 0 Å². The van der Waals surface area contributed by atoms with Crippen LogP contribution in [0.25, 0.3) is 11.3 Å².